The van der Waals surface area contributed by atoms with Gasteiger partial charge < -0.3 is 9.47 Å². The van der Waals surface area contributed by atoms with E-state index in [9.17, 15) is 0 Å². The van der Waals surface area contributed by atoms with E-state index in [0.29, 0.717) is 21.9 Å². The Bertz CT molecular complexity index is 648. The van der Waals surface area contributed by atoms with Crippen LogP contribution in [0.15, 0.2) is 24.3 Å². The Balaban J connectivity index is 1.98. The first-order valence-corrected chi connectivity index (χ1v) is 8.06. The van der Waals surface area contributed by atoms with Gasteiger partial charge in [-0.2, -0.15) is 0 Å². The number of fused-ring (bicyclic) bond motifs is 1. The molecule has 1 aromatic carbocycles. The molecule has 0 saturated carbocycles. The maximum atomic E-state index is 6.22. The van der Waals surface area contributed by atoms with E-state index >= 15 is 0 Å². The highest BCUT2D eigenvalue weighted by Crippen LogP contribution is 2.39. The van der Waals surface area contributed by atoms with E-state index in [1.165, 1.54) is 11.3 Å². The molecule has 21 heavy (non-hydrogen) atoms. The number of thiophene rings is 1. The van der Waals surface area contributed by atoms with Gasteiger partial charge in [0.15, 0.2) is 11.5 Å². The van der Waals surface area contributed by atoms with Crippen molar-refractivity contribution in [3.05, 3.63) is 44.1 Å². The Hall–Kier alpha value is -0.980. The highest BCUT2D eigenvalue weighted by Gasteiger charge is 2.21. The molecule has 1 aliphatic heterocycles. The maximum Gasteiger partial charge on any atom is 0.161 e. The molecule has 0 fully saturated rings. The molecule has 0 amide bonds. The topological polar surface area (TPSA) is 56.5 Å². The first kappa shape index (κ1) is 14.9. The van der Waals surface area contributed by atoms with Gasteiger partial charge in [0.25, 0.3) is 0 Å². The summed E-state index contributed by atoms with van der Waals surface area (Å²) in [6.07, 6.45) is 0.870. The molecular weight excluding hydrogens is 331 g/mol. The zero-order valence-electron chi connectivity index (χ0n) is 11.1. The molecule has 4 nitrogen and oxygen atoms in total. The summed E-state index contributed by atoms with van der Waals surface area (Å²) in [5.74, 6) is 7.18. The largest absolute Gasteiger partial charge is 0.490 e. The van der Waals surface area contributed by atoms with Gasteiger partial charge in [-0.15, -0.1) is 11.3 Å². The van der Waals surface area contributed by atoms with Gasteiger partial charge >= 0.3 is 0 Å². The summed E-state index contributed by atoms with van der Waals surface area (Å²) in [5, 5.41) is 0. The molecule has 1 unspecified atom stereocenters. The van der Waals surface area contributed by atoms with Crippen LogP contribution in [0.3, 0.4) is 0 Å². The summed E-state index contributed by atoms with van der Waals surface area (Å²) in [6.45, 7) is 1.30. The zero-order chi connectivity index (χ0) is 14.8. The Labute approximate surface area is 136 Å². The first-order chi connectivity index (χ1) is 10.2. The van der Waals surface area contributed by atoms with Gasteiger partial charge in [0.05, 0.1) is 27.9 Å². The molecule has 112 valence electrons. The summed E-state index contributed by atoms with van der Waals surface area (Å²) in [6, 6.07) is 7.33. The van der Waals surface area contributed by atoms with Crippen LogP contribution in [0.25, 0.3) is 0 Å². The number of nitrogens with one attached hydrogen (secondary N) is 1. The van der Waals surface area contributed by atoms with Crippen LogP contribution < -0.4 is 20.7 Å². The summed E-state index contributed by atoms with van der Waals surface area (Å²) >= 11 is 13.6. The maximum absolute atomic E-state index is 6.22. The van der Waals surface area contributed by atoms with Crippen LogP contribution in [-0.4, -0.2) is 13.2 Å². The second-order valence-electron chi connectivity index (χ2n) is 4.64. The van der Waals surface area contributed by atoms with Crippen LogP contribution in [0, 0.1) is 0 Å². The Kier molecular flexibility index (Phi) is 4.57. The zero-order valence-corrected chi connectivity index (χ0v) is 13.4. The molecule has 7 heteroatoms. The fourth-order valence-corrected chi connectivity index (χ4v) is 3.81. The highest BCUT2D eigenvalue weighted by atomic mass is 35.5. The minimum absolute atomic E-state index is 0.251. The molecular formula is C14H14Cl2N2O2S. The van der Waals surface area contributed by atoms with E-state index in [1.54, 1.807) is 0 Å². The molecule has 2 aromatic rings. The predicted molar refractivity (Wildman–Crippen MR) is 85.6 cm³/mol. The standard InChI is InChI=1S/C14H14Cl2N2O2S/c15-12-7-9(14(16)21-12)13(18-17)8-2-3-10-11(6-8)20-5-1-4-19-10/h2-3,6-7,13,18H,1,4-5,17H2. The van der Waals surface area contributed by atoms with Crippen LogP contribution in [0.4, 0.5) is 0 Å². The molecule has 3 rings (SSSR count). The SMILES string of the molecule is NNC(c1ccc2c(c1)OCCCO2)c1cc(Cl)sc1Cl. The van der Waals surface area contributed by atoms with E-state index in [1.807, 2.05) is 24.3 Å². The van der Waals surface area contributed by atoms with Crippen molar-refractivity contribution >= 4 is 34.5 Å². The Morgan fingerprint density at radius 3 is 2.57 bits per heavy atom. The number of ether oxygens (including phenoxy) is 2. The normalized spacial score (nSPS) is 15.6. The Morgan fingerprint density at radius 2 is 1.90 bits per heavy atom. The predicted octanol–water partition coefficient (Wildman–Crippen LogP) is 3.77. The number of rotatable bonds is 3. The first-order valence-electron chi connectivity index (χ1n) is 6.49. The lowest BCUT2D eigenvalue weighted by molar-refractivity contribution is 0.297. The van der Waals surface area contributed by atoms with E-state index in [0.717, 1.165) is 29.0 Å². The third-order valence-corrected chi connectivity index (χ3v) is 4.78. The average molecular weight is 345 g/mol. The number of hydrogen-bond acceptors (Lipinski definition) is 5. The van der Waals surface area contributed by atoms with Gasteiger partial charge in [-0.1, -0.05) is 29.3 Å². The highest BCUT2D eigenvalue weighted by molar-refractivity contribution is 7.20. The van der Waals surface area contributed by atoms with Crippen molar-refractivity contribution in [2.75, 3.05) is 13.2 Å². The lowest BCUT2D eigenvalue weighted by atomic mass is 10.0. The van der Waals surface area contributed by atoms with Crippen LogP contribution in [-0.2, 0) is 0 Å². The third-order valence-electron chi connectivity index (χ3n) is 3.27. The molecule has 0 radical (unpaired) electrons. The Morgan fingerprint density at radius 1 is 1.14 bits per heavy atom. The fraction of sp³-hybridized carbons (Fsp3) is 0.286. The second-order valence-corrected chi connectivity index (χ2v) is 6.92. The molecule has 1 aliphatic rings. The van der Waals surface area contributed by atoms with Crippen molar-refractivity contribution in [1.82, 2.24) is 5.43 Å². The van der Waals surface area contributed by atoms with E-state index in [-0.39, 0.29) is 6.04 Å². The lowest BCUT2D eigenvalue weighted by Gasteiger charge is -2.17. The smallest absolute Gasteiger partial charge is 0.161 e. The van der Waals surface area contributed by atoms with Crippen molar-refractivity contribution in [2.45, 2.75) is 12.5 Å². The molecule has 0 aliphatic carbocycles. The number of benzene rings is 1. The van der Waals surface area contributed by atoms with Crippen LogP contribution in [0.2, 0.25) is 8.67 Å². The fourth-order valence-electron chi connectivity index (χ4n) is 2.27. The average Bonchev–Trinajstić information content (AvgIpc) is 2.68. The quantitative estimate of drug-likeness (QED) is 0.657. The van der Waals surface area contributed by atoms with Crippen molar-refractivity contribution in [1.29, 1.82) is 0 Å². The van der Waals surface area contributed by atoms with Crippen LogP contribution >= 0.6 is 34.5 Å². The van der Waals surface area contributed by atoms with Crippen LogP contribution in [0.5, 0.6) is 11.5 Å². The van der Waals surface area contributed by atoms with Crippen molar-refractivity contribution in [3.8, 4) is 11.5 Å². The third kappa shape index (κ3) is 3.12. The van der Waals surface area contributed by atoms with Gasteiger partial charge in [-0.3, -0.25) is 5.84 Å². The van der Waals surface area contributed by atoms with Gasteiger partial charge in [0.1, 0.15) is 0 Å². The molecule has 2 heterocycles. The summed E-state index contributed by atoms with van der Waals surface area (Å²) < 4.78 is 12.6. The van der Waals surface area contributed by atoms with Gasteiger partial charge in [-0.05, 0) is 23.8 Å². The minimum Gasteiger partial charge on any atom is -0.490 e. The van der Waals surface area contributed by atoms with E-state index in [4.69, 9.17) is 38.5 Å². The van der Waals surface area contributed by atoms with Gasteiger partial charge in [0, 0.05) is 12.0 Å². The van der Waals surface area contributed by atoms with Crippen LogP contribution in [0.1, 0.15) is 23.6 Å². The number of nitrogens with two attached hydrogens (primary N) is 1. The minimum atomic E-state index is -0.251. The van der Waals surface area contributed by atoms with E-state index < -0.39 is 0 Å². The summed E-state index contributed by atoms with van der Waals surface area (Å²) in [4.78, 5) is 0. The molecule has 1 atom stereocenters. The van der Waals surface area contributed by atoms with Gasteiger partial charge in [-0.25, -0.2) is 5.43 Å². The monoisotopic (exact) mass is 344 g/mol. The van der Waals surface area contributed by atoms with Crippen molar-refractivity contribution in [2.24, 2.45) is 5.84 Å². The molecule has 0 saturated heterocycles. The number of halogens is 2. The second kappa shape index (κ2) is 6.42. The number of hydrogen-bond donors (Lipinski definition) is 2. The molecule has 3 N–H and O–H groups in total. The molecule has 0 bridgehead atoms. The molecule has 0 spiro atoms. The number of hydrazine groups is 1. The lowest BCUT2D eigenvalue weighted by Crippen LogP contribution is -2.28. The molecule has 1 aromatic heterocycles. The summed E-state index contributed by atoms with van der Waals surface area (Å²) in [7, 11) is 0. The summed E-state index contributed by atoms with van der Waals surface area (Å²) in [5.41, 5.74) is 4.57. The van der Waals surface area contributed by atoms with E-state index in [2.05, 4.69) is 5.43 Å². The van der Waals surface area contributed by atoms with Crippen molar-refractivity contribution in [3.63, 3.8) is 0 Å². The van der Waals surface area contributed by atoms with Crippen molar-refractivity contribution < 1.29 is 9.47 Å². The van der Waals surface area contributed by atoms with Gasteiger partial charge in [0.2, 0.25) is 0 Å².